The van der Waals surface area contributed by atoms with E-state index in [1.54, 1.807) is 0 Å². The molecule has 2 aliphatic heterocycles. The van der Waals surface area contributed by atoms with Gasteiger partial charge >= 0.3 is 6.72 Å². The van der Waals surface area contributed by atoms with Crippen LogP contribution in [0.2, 0.25) is 0 Å². The van der Waals surface area contributed by atoms with Crippen molar-refractivity contribution in [3.63, 3.8) is 0 Å². The molecular weight excluding hydrogens is 415 g/mol. The predicted octanol–water partition coefficient (Wildman–Crippen LogP) is -5.16. The Morgan fingerprint density at radius 1 is 0.704 bits per heavy atom. The smallest absolute Gasteiger partial charge is 0.321 e. The number of hydrogen-bond donors (Lipinski definition) is 9. The second kappa shape index (κ2) is 9.30. The molecule has 160 valence electrons. The first-order chi connectivity index (χ1) is 12.4. The lowest BCUT2D eigenvalue weighted by Gasteiger charge is -2.42. The van der Waals surface area contributed by atoms with Gasteiger partial charge in [0, 0.05) is 0 Å². The van der Waals surface area contributed by atoms with E-state index in [-0.39, 0.29) is 0 Å². The van der Waals surface area contributed by atoms with Crippen LogP contribution in [-0.4, -0.2) is 120 Å². The summed E-state index contributed by atoms with van der Waals surface area (Å²) in [5.41, 5.74) is 0. The summed E-state index contributed by atoms with van der Waals surface area (Å²) in [7, 11) is 0. The Morgan fingerprint density at radius 3 is 1.78 bits per heavy atom. The minimum atomic E-state index is -4.05. The average Bonchev–Trinajstić information content (AvgIpc) is 2.59. The van der Waals surface area contributed by atoms with E-state index in [1.807, 2.05) is 0 Å². The molecule has 1 unspecified atom stereocenters. The van der Waals surface area contributed by atoms with Crippen molar-refractivity contribution >= 4 is 18.5 Å². The van der Waals surface area contributed by atoms with Crippen molar-refractivity contribution in [1.29, 1.82) is 0 Å². The summed E-state index contributed by atoms with van der Waals surface area (Å²) in [6, 6.07) is 0. The van der Waals surface area contributed by atoms with Gasteiger partial charge in [0.15, 0.2) is 12.6 Å². The van der Waals surface area contributed by atoms with E-state index in [2.05, 4.69) is 16.3 Å². The molecule has 2 aliphatic rings. The Hall–Kier alpha value is 0.130. The molecule has 13 nitrogen and oxygen atoms in total. The SMILES string of the molecule is OC1O[C@H](CO[C@H]2O[C@H](COP(O)(O)=S)[C@H](O)[C@H](O)[C@H]2O)[C@@H](O)[C@H](O)[C@H]1O. The first-order valence-electron chi connectivity index (χ1n) is 7.81. The van der Waals surface area contributed by atoms with Gasteiger partial charge in [-0.15, -0.1) is 0 Å². The minimum Gasteiger partial charge on any atom is -0.387 e. The zero-order valence-electron chi connectivity index (χ0n) is 13.7. The maximum atomic E-state index is 9.94. The van der Waals surface area contributed by atoms with Crippen molar-refractivity contribution in [3.8, 4) is 0 Å². The lowest BCUT2D eigenvalue weighted by atomic mass is 9.98. The van der Waals surface area contributed by atoms with Gasteiger partial charge in [-0.05, 0) is 11.8 Å². The van der Waals surface area contributed by atoms with E-state index in [9.17, 15) is 35.7 Å². The van der Waals surface area contributed by atoms with Gasteiger partial charge in [0.25, 0.3) is 0 Å². The minimum absolute atomic E-state index is 0.544. The van der Waals surface area contributed by atoms with E-state index < -0.39 is 81.3 Å². The van der Waals surface area contributed by atoms with Crippen LogP contribution >= 0.6 is 6.72 Å². The summed E-state index contributed by atoms with van der Waals surface area (Å²) in [5.74, 6) is 0. The number of hydrogen-bond acceptors (Lipinski definition) is 12. The van der Waals surface area contributed by atoms with Gasteiger partial charge in [0.2, 0.25) is 0 Å². The normalized spacial score (nSPS) is 46.4. The Morgan fingerprint density at radius 2 is 1.22 bits per heavy atom. The van der Waals surface area contributed by atoms with E-state index in [1.165, 1.54) is 0 Å². The Bertz CT molecular complexity index is 533. The van der Waals surface area contributed by atoms with Crippen LogP contribution in [0.4, 0.5) is 0 Å². The van der Waals surface area contributed by atoms with Crippen molar-refractivity contribution in [2.45, 2.75) is 61.4 Å². The van der Waals surface area contributed by atoms with Crippen LogP contribution in [0.3, 0.4) is 0 Å². The van der Waals surface area contributed by atoms with E-state index in [0.717, 1.165) is 0 Å². The second-order valence-corrected chi connectivity index (χ2v) is 8.84. The summed E-state index contributed by atoms with van der Waals surface area (Å²) in [5, 5.41) is 68.0. The zero-order chi connectivity index (χ0) is 20.5. The van der Waals surface area contributed by atoms with Crippen LogP contribution in [0, 0.1) is 0 Å². The molecule has 2 saturated heterocycles. The molecule has 2 rings (SSSR count). The van der Waals surface area contributed by atoms with Crippen molar-refractivity contribution in [2.24, 2.45) is 0 Å². The highest BCUT2D eigenvalue weighted by molar-refractivity contribution is 8.06. The lowest BCUT2D eigenvalue weighted by molar-refractivity contribution is -0.325. The van der Waals surface area contributed by atoms with Crippen LogP contribution in [0.5, 0.6) is 0 Å². The fourth-order valence-electron chi connectivity index (χ4n) is 2.62. The number of aliphatic hydroxyl groups excluding tert-OH is 7. The molecule has 2 fully saturated rings. The molecule has 0 amide bonds. The van der Waals surface area contributed by atoms with Gasteiger partial charge in [-0.25, -0.2) is 0 Å². The quantitative estimate of drug-likeness (QED) is 0.177. The van der Waals surface area contributed by atoms with E-state index >= 15 is 0 Å². The molecule has 0 aromatic carbocycles. The van der Waals surface area contributed by atoms with Gasteiger partial charge in [-0.2, -0.15) is 0 Å². The molecule has 0 spiro atoms. The Kier molecular flexibility index (Phi) is 8.06. The molecule has 27 heavy (non-hydrogen) atoms. The first kappa shape index (κ1) is 23.4. The van der Waals surface area contributed by atoms with Gasteiger partial charge in [0.05, 0.1) is 13.2 Å². The topological polar surface area (TPSA) is 219 Å². The van der Waals surface area contributed by atoms with Crippen molar-refractivity contribution < 1.29 is 64.3 Å². The van der Waals surface area contributed by atoms with E-state index in [4.69, 9.17) is 24.0 Å². The molecule has 0 radical (unpaired) electrons. The van der Waals surface area contributed by atoms with Gasteiger partial charge < -0.3 is 64.3 Å². The van der Waals surface area contributed by atoms with Crippen LogP contribution < -0.4 is 0 Å². The zero-order valence-corrected chi connectivity index (χ0v) is 15.4. The number of aliphatic hydroxyl groups is 7. The van der Waals surface area contributed by atoms with Gasteiger partial charge in [-0.3, -0.25) is 0 Å². The van der Waals surface area contributed by atoms with Crippen molar-refractivity contribution in [1.82, 2.24) is 0 Å². The molecule has 0 aromatic rings. The third-order valence-corrected chi connectivity index (χ3v) is 4.99. The summed E-state index contributed by atoms with van der Waals surface area (Å²) in [6.45, 7) is -5.22. The third kappa shape index (κ3) is 5.82. The van der Waals surface area contributed by atoms with Crippen molar-refractivity contribution in [3.05, 3.63) is 0 Å². The summed E-state index contributed by atoms with van der Waals surface area (Å²) < 4.78 is 19.9. The monoisotopic (exact) mass is 438 g/mol. The molecule has 10 atom stereocenters. The van der Waals surface area contributed by atoms with Gasteiger partial charge in [0.1, 0.15) is 48.8 Å². The molecule has 0 aliphatic carbocycles. The number of ether oxygens (including phenoxy) is 3. The summed E-state index contributed by atoms with van der Waals surface area (Å²) in [4.78, 5) is 18.1. The van der Waals surface area contributed by atoms with Crippen LogP contribution in [0.25, 0.3) is 0 Å². The van der Waals surface area contributed by atoms with Crippen LogP contribution in [-0.2, 0) is 30.5 Å². The molecule has 2 heterocycles. The highest BCUT2D eigenvalue weighted by Crippen LogP contribution is 2.37. The molecule has 0 saturated carbocycles. The fourth-order valence-corrected chi connectivity index (χ4v) is 3.14. The highest BCUT2D eigenvalue weighted by Gasteiger charge is 2.47. The standard InChI is InChI=1S/C12H23O13PS/c13-5-3(24-11(19)9(17)7(5)15)1-22-12-10(18)8(16)6(14)4(25-12)2-23-26(20,21)27/h3-19H,1-2H2,(H2,20,21,27)/t3-,4-,5-,6+,7+,8+,9-,10-,11?,12+/m1/s1. The molecule has 0 bridgehead atoms. The largest absolute Gasteiger partial charge is 0.387 e. The molecule has 15 heteroatoms. The molecule has 0 aromatic heterocycles. The fraction of sp³-hybridized carbons (Fsp3) is 1.00. The number of rotatable bonds is 6. The van der Waals surface area contributed by atoms with Crippen molar-refractivity contribution in [2.75, 3.05) is 13.2 Å². The third-order valence-electron chi connectivity index (χ3n) is 4.19. The van der Waals surface area contributed by atoms with Crippen LogP contribution in [0.1, 0.15) is 0 Å². The maximum Gasteiger partial charge on any atom is 0.321 e. The second-order valence-electron chi connectivity index (χ2n) is 6.17. The molecular formula is C12H23O13PS. The van der Waals surface area contributed by atoms with E-state index in [0.29, 0.717) is 0 Å². The highest BCUT2D eigenvalue weighted by atomic mass is 32.5. The Labute approximate surface area is 158 Å². The maximum absolute atomic E-state index is 9.94. The van der Waals surface area contributed by atoms with Gasteiger partial charge in [-0.1, -0.05) is 0 Å². The Balaban J connectivity index is 1.96. The predicted molar refractivity (Wildman–Crippen MR) is 86.2 cm³/mol. The first-order valence-corrected chi connectivity index (χ1v) is 10.4. The van der Waals surface area contributed by atoms with Crippen LogP contribution in [0.15, 0.2) is 0 Å². The summed E-state index contributed by atoms with van der Waals surface area (Å²) in [6.07, 6.45) is -16.2. The lowest BCUT2D eigenvalue weighted by Crippen LogP contribution is -2.61. The summed E-state index contributed by atoms with van der Waals surface area (Å²) >= 11 is 4.26. The average molecular weight is 438 g/mol. The molecule has 9 N–H and O–H groups in total.